The molecule has 4 aromatic heterocycles. The van der Waals surface area contributed by atoms with E-state index in [9.17, 15) is 31.5 Å². The summed E-state index contributed by atoms with van der Waals surface area (Å²) in [6.45, 7) is 4.30. The van der Waals surface area contributed by atoms with Gasteiger partial charge in [-0.05, 0) is 114 Å². The predicted octanol–water partition coefficient (Wildman–Crippen LogP) is 7.90. The fourth-order valence-corrected chi connectivity index (χ4v) is 11.7. The minimum atomic E-state index is -3.60. The van der Waals surface area contributed by atoms with E-state index in [4.69, 9.17) is 68.2 Å². The predicted molar refractivity (Wildman–Crippen MR) is 292 cm³/mol. The molecule has 404 valence electrons. The number of anilines is 3. The first-order valence-electron chi connectivity index (χ1n) is 24.4. The monoisotopic (exact) mass is 1170 g/mol. The summed E-state index contributed by atoms with van der Waals surface area (Å²) >= 11 is 30.9. The van der Waals surface area contributed by atoms with Crippen molar-refractivity contribution in [1.82, 2.24) is 44.3 Å². The van der Waals surface area contributed by atoms with Crippen LogP contribution in [0.3, 0.4) is 0 Å². The lowest BCUT2D eigenvalue weighted by atomic mass is 9.98. The Kier molecular flexibility index (Phi) is 18.3. The van der Waals surface area contributed by atoms with Crippen molar-refractivity contribution in [2.24, 2.45) is 0 Å². The molecule has 4 fully saturated rings. The van der Waals surface area contributed by atoms with Crippen LogP contribution in [0, 0.1) is 0 Å². The van der Waals surface area contributed by atoms with Crippen LogP contribution in [0.25, 0.3) is 11.3 Å². The molecular weight excluding hydrogens is 1110 g/mol. The molecule has 5 N–H and O–H groups in total. The minimum Gasteiger partial charge on any atom is -0.393 e. The number of amides is 2. The van der Waals surface area contributed by atoms with Gasteiger partial charge in [0.15, 0.2) is 11.3 Å². The van der Waals surface area contributed by atoms with E-state index in [0.717, 1.165) is 69.9 Å². The lowest BCUT2D eigenvalue weighted by molar-refractivity contribution is 0.0600. The molecule has 8 heterocycles. The summed E-state index contributed by atoms with van der Waals surface area (Å²) in [5.74, 6) is 0.121. The molecule has 0 saturated carbocycles. The van der Waals surface area contributed by atoms with E-state index in [-0.39, 0.29) is 63.8 Å². The smallest absolute Gasteiger partial charge is 0.256 e. The standard InChI is InChI=1S/C24H28Cl2N6O4S.C19H18Cl3N5O3S.C5H11NO/c1-37(35,36)29-18-6-5-15(25)12-17(18)24(34)31-9-3-2-4-20(31)19-13-22-27-21(26)14-23(32(22)28-19)30-10-7-16(33)8-11-30;1-31(29,30)25-13-6-5-11(20)8-12(13)19(28)26-7-3-2-4-15(26)14-9-18-23-16(21)10-17(22)27(18)24-14;7-5-1-3-6-4-2-5/h5-6,12-14,16,20,29,33H,2-4,7-11H2,1H3;5-6,8-10,15,25H,2-4,7H2,1H3;5-7H,1-4H2/t20-;15-;/m00./s1. The van der Waals surface area contributed by atoms with Gasteiger partial charge in [-0.25, -0.2) is 31.3 Å². The zero-order valence-corrected chi connectivity index (χ0v) is 46.4. The first kappa shape index (κ1) is 56.5. The number of fused-ring (bicyclic) bond motifs is 2. The fourth-order valence-electron chi connectivity index (χ4n) is 9.56. The summed E-state index contributed by atoms with van der Waals surface area (Å²) in [6, 6.07) is 15.2. The van der Waals surface area contributed by atoms with Gasteiger partial charge in [-0.1, -0.05) is 58.0 Å². The number of benzene rings is 2. The summed E-state index contributed by atoms with van der Waals surface area (Å²) in [4.78, 5) is 41.5. The first-order chi connectivity index (χ1) is 35.6. The molecule has 0 bridgehead atoms. The number of aromatic nitrogens is 6. The number of hydrogen-bond donors (Lipinski definition) is 5. The molecule has 0 spiro atoms. The molecule has 75 heavy (non-hydrogen) atoms. The van der Waals surface area contributed by atoms with Crippen molar-refractivity contribution in [3.8, 4) is 0 Å². The van der Waals surface area contributed by atoms with Crippen molar-refractivity contribution in [3.63, 3.8) is 0 Å². The highest BCUT2D eigenvalue weighted by Gasteiger charge is 2.35. The molecule has 0 aliphatic carbocycles. The molecule has 10 rings (SSSR count). The van der Waals surface area contributed by atoms with Crippen LogP contribution in [-0.2, 0) is 20.0 Å². The van der Waals surface area contributed by atoms with Gasteiger partial charge in [0.1, 0.15) is 21.3 Å². The van der Waals surface area contributed by atoms with Crippen LogP contribution >= 0.6 is 58.0 Å². The van der Waals surface area contributed by atoms with Crippen molar-refractivity contribution in [2.45, 2.75) is 88.5 Å². The maximum absolute atomic E-state index is 13.8. The zero-order chi connectivity index (χ0) is 53.8. The maximum atomic E-state index is 13.8. The van der Waals surface area contributed by atoms with E-state index in [2.05, 4.69) is 34.7 Å². The summed E-state index contributed by atoms with van der Waals surface area (Å²) in [6.07, 6.45) is 9.74. The van der Waals surface area contributed by atoms with Crippen LogP contribution in [0.5, 0.6) is 0 Å². The lowest BCUT2D eigenvalue weighted by Gasteiger charge is -2.35. The quantitative estimate of drug-likeness (QED) is 0.0864. The van der Waals surface area contributed by atoms with Crippen LogP contribution in [-0.4, -0.2) is 142 Å². The van der Waals surface area contributed by atoms with Gasteiger partial charge in [0, 0.05) is 60.5 Å². The van der Waals surface area contributed by atoms with Crippen LogP contribution in [0.15, 0.2) is 60.7 Å². The number of sulfonamides is 2. The van der Waals surface area contributed by atoms with Gasteiger partial charge < -0.3 is 30.2 Å². The Morgan fingerprint density at radius 3 is 1.51 bits per heavy atom. The molecule has 6 aromatic rings. The van der Waals surface area contributed by atoms with Crippen LogP contribution in [0.1, 0.15) is 108 Å². The Morgan fingerprint density at radius 1 is 0.587 bits per heavy atom. The topological polar surface area (TPSA) is 249 Å². The largest absolute Gasteiger partial charge is 0.393 e. The number of nitrogens with one attached hydrogen (secondary N) is 3. The minimum absolute atomic E-state index is 0.0266. The summed E-state index contributed by atoms with van der Waals surface area (Å²) < 4.78 is 55.4. The third-order valence-corrected chi connectivity index (χ3v) is 15.4. The average molecular weight is 1170 g/mol. The van der Waals surface area contributed by atoms with Gasteiger partial charge in [-0.3, -0.25) is 19.0 Å². The number of hydrogen-bond acceptors (Lipinski definition) is 14. The number of likely N-dealkylation sites (tertiary alicyclic amines) is 2. The van der Waals surface area contributed by atoms with Crippen LogP contribution < -0.4 is 19.7 Å². The summed E-state index contributed by atoms with van der Waals surface area (Å²) in [7, 11) is -7.19. The molecule has 27 heteroatoms. The molecule has 2 atom stereocenters. The molecule has 20 nitrogen and oxygen atoms in total. The molecular formula is C48H57Cl5N12O8S2. The number of rotatable bonds is 9. The number of nitrogens with zero attached hydrogens (tertiary/aromatic N) is 9. The number of piperidine rings is 4. The Labute approximate surface area is 459 Å². The molecule has 2 aromatic carbocycles. The zero-order valence-electron chi connectivity index (χ0n) is 41.0. The van der Waals surface area contributed by atoms with Gasteiger partial charge in [-0.2, -0.15) is 14.7 Å². The van der Waals surface area contributed by atoms with Crippen molar-refractivity contribution in [3.05, 3.63) is 109 Å². The van der Waals surface area contributed by atoms with Crippen molar-refractivity contribution in [1.29, 1.82) is 0 Å². The van der Waals surface area contributed by atoms with E-state index in [1.54, 1.807) is 26.4 Å². The Hall–Kier alpha value is -4.75. The Balaban J connectivity index is 0.000000178. The van der Waals surface area contributed by atoms with Crippen molar-refractivity contribution < 1.29 is 36.6 Å². The van der Waals surface area contributed by atoms with E-state index in [1.807, 2.05) is 6.07 Å². The highest BCUT2D eigenvalue weighted by atomic mass is 35.5. The van der Waals surface area contributed by atoms with Crippen molar-refractivity contribution >= 4 is 118 Å². The van der Waals surface area contributed by atoms with Gasteiger partial charge in [0.2, 0.25) is 20.0 Å². The number of halogens is 5. The Bertz CT molecular complexity index is 3280. The highest BCUT2D eigenvalue weighted by Crippen LogP contribution is 2.37. The van der Waals surface area contributed by atoms with Gasteiger partial charge in [0.05, 0.1) is 70.7 Å². The second kappa shape index (κ2) is 24.3. The van der Waals surface area contributed by atoms with Gasteiger partial charge in [-0.15, -0.1) is 0 Å². The first-order valence-corrected chi connectivity index (χ1v) is 30.0. The average Bonchev–Trinajstić information content (AvgIpc) is 4.00. The third-order valence-electron chi connectivity index (χ3n) is 13.1. The van der Waals surface area contributed by atoms with Crippen LogP contribution in [0.4, 0.5) is 17.2 Å². The van der Waals surface area contributed by atoms with E-state index < -0.39 is 20.0 Å². The van der Waals surface area contributed by atoms with Gasteiger partial charge >= 0.3 is 0 Å². The lowest BCUT2D eigenvalue weighted by Crippen LogP contribution is -2.39. The highest BCUT2D eigenvalue weighted by molar-refractivity contribution is 7.92. The third kappa shape index (κ3) is 14.4. The summed E-state index contributed by atoms with van der Waals surface area (Å²) in [5, 5.41) is 32.9. The number of aliphatic hydroxyl groups excluding tert-OH is 2. The second-order valence-electron chi connectivity index (χ2n) is 18.9. The maximum Gasteiger partial charge on any atom is 0.256 e. The molecule has 4 aliphatic rings. The van der Waals surface area contributed by atoms with Crippen molar-refractivity contribution in [2.75, 3.05) is 66.1 Å². The van der Waals surface area contributed by atoms with Gasteiger partial charge in [0.25, 0.3) is 11.8 Å². The number of carbonyl (C=O) groups excluding carboxylic acids is 2. The SMILES string of the molecule is CS(=O)(=O)Nc1ccc(Cl)cc1C(=O)N1CCCC[C@H]1c1cc2nc(Cl)cc(Cl)n2n1.CS(=O)(=O)Nc1ccc(Cl)cc1C(=O)N1CCCC[C@H]1c1cc2nc(Cl)cc(N3CCC(O)CC3)n2n1.OC1CCNCC1. The number of carbonyl (C=O) groups is 2. The Morgan fingerprint density at radius 2 is 1.04 bits per heavy atom. The second-order valence-corrected chi connectivity index (χ2v) is 24.4. The fraction of sp³-hybridized carbons (Fsp3) is 0.458. The molecule has 2 amide bonds. The molecule has 0 radical (unpaired) electrons. The summed E-state index contributed by atoms with van der Waals surface area (Å²) in [5.41, 5.74) is 3.07. The molecule has 4 aliphatic heterocycles. The normalized spacial score (nSPS) is 19.0. The van der Waals surface area contributed by atoms with E-state index in [1.165, 1.54) is 47.0 Å². The molecule has 0 unspecified atom stereocenters. The van der Waals surface area contributed by atoms with E-state index in [0.29, 0.717) is 94.9 Å². The number of aliphatic hydroxyl groups is 2. The molecule has 4 saturated heterocycles. The van der Waals surface area contributed by atoms with Crippen LogP contribution in [0.2, 0.25) is 25.5 Å². The van der Waals surface area contributed by atoms with E-state index >= 15 is 0 Å².